The van der Waals surface area contributed by atoms with Crippen LogP contribution in [0.2, 0.25) is 0 Å². The summed E-state index contributed by atoms with van der Waals surface area (Å²) in [7, 11) is 0. The highest BCUT2D eigenvalue weighted by Gasteiger charge is 2.39. The third-order valence-electron chi connectivity index (χ3n) is 3.51. The highest BCUT2D eigenvalue weighted by Crippen LogP contribution is 2.20. The Balaban J connectivity index is 1.72. The second-order valence-corrected chi connectivity index (χ2v) is 5.33. The number of hydrogen-bond acceptors (Lipinski definition) is 3. The van der Waals surface area contributed by atoms with Gasteiger partial charge in [0.1, 0.15) is 13.1 Å². The zero-order valence-electron chi connectivity index (χ0n) is 12.4. The van der Waals surface area contributed by atoms with Gasteiger partial charge in [-0.1, -0.05) is 18.2 Å². The lowest BCUT2D eigenvalue weighted by Crippen LogP contribution is -2.37. The Hall–Kier alpha value is -2.84. The minimum Gasteiger partial charge on any atom is -0.314 e. The molecule has 1 aromatic heterocycles. The van der Waals surface area contributed by atoms with Crippen LogP contribution in [0.4, 0.5) is 13.2 Å². The summed E-state index contributed by atoms with van der Waals surface area (Å²) in [6.07, 6.45) is -2.92. The zero-order valence-corrected chi connectivity index (χ0v) is 12.4. The average molecular weight is 338 g/mol. The molecule has 6 nitrogen and oxygen atoms in total. The van der Waals surface area contributed by atoms with Gasteiger partial charge in [0.25, 0.3) is 5.91 Å². The summed E-state index contributed by atoms with van der Waals surface area (Å²) >= 11 is 0. The fraction of sp³-hybridized carbons (Fsp3) is 0.267. The van der Waals surface area contributed by atoms with Gasteiger partial charge in [0.15, 0.2) is 5.69 Å². The first kappa shape index (κ1) is 16.0. The lowest BCUT2D eigenvalue weighted by atomic mass is 10.3. The number of aromatic nitrogens is 2. The first-order chi connectivity index (χ1) is 11.3. The summed E-state index contributed by atoms with van der Waals surface area (Å²) in [5.41, 5.74) is 0.813. The summed E-state index contributed by atoms with van der Waals surface area (Å²) in [4.78, 5) is 25.6. The van der Waals surface area contributed by atoms with Crippen molar-refractivity contribution in [3.05, 3.63) is 48.3 Å². The monoisotopic (exact) mass is 338 g/mol. The van der Waals surface area contributed by atoms with Gasteiger partial charge in [-0.15, -0.1) is 0 Å². The highest BCUT2D eigenvalue weighted by atomic mass is 19.4. The van der Waals surface area contributed by atoms with E-state index in [-0.39, 0.29) is 12.2 Å². The van der Waals surface area contributed by atoms with Crippen LogP contribution in [0.25, 0.3) is 5.69 Å². The van der Waals surface area contributed by atoms with E-state index in [0.717, 1.165) is 10.6 Å². The minimum atomic E-state index is -4.50. The molecule has 0 N–H and O–H groups in total. The van der Waals surface area contributed by atoms with Gasteiger partial charge in [-0.3, -0.25) is 9.59 Å². The number of halogens is 3. The Morgan fingerprint density at radius 1 is 1.17 bits per heavy atom. The number of carbonyl (C=O) groups is 2. The number of amides is 2. The SMILES string of the molecule is O=C1CN(C(=O)c2ccn(-c3ccccc3)n2)CN1CC(F)(F)F. The third-order valence-corrected chi connectivity index (χ3v) is 3.51. The topological polar surface area (TPSA) is 58.4 Å². The molecule has 0 unspecified atom stereocenters. The van der Waals surface area contributed by atoms with Crippen LogP contribution < -0.4 is 0 Å². The maximum atomic E-state index is 12.4. The van der Waals surface area contributed by atoms with Crippen LogP contribution in [-0.4, -0.2) is 57.3 Å². The van der Waals surface area contributed by atoms with Crippen LogP contribution in [0.1, 0.15) is 10.5 Å². The molecule has 3 rings (SSSR count). The van der Waals surface area contributed by atoms with E-state index in [1.54, 1.807) is 18.3 Å². The molecular weight excluding hydrogens is 325 g/mol. The highest BCUT2D eigenvalue weighted by molar-refractivity contribution is 5.96. The predicted octanol–water partition coefficient (Wildman–Crippen LogP) is 1.68. The normalized spacial score (nSPS) is 15.2. The molecule has 0 bridgehead atoms. The molecule has 126 valence electrons. The molecule has 1 aromatic carbocycles. The molecule has 2 heterocycles. The molecule has 1 saturated heterocycles. The molecule has 24 heavy (non-hydrogen) atoms. The molecular formula is C15H13F3N4O2. The molecule has 0 saturated carbocycles. The molecule has 1 aliphatic rings. The van der Waals surface area contributed by atoms with Crippen molar-refractivity contribution in [2.24, 2.45) is 0 Å². The fourth-order valence-corrected chi connectivity index (χ4v) is 2.41. The van der Waals surface area contributed by atoms with Crippen LogP contribution >= 0.6 is 0 Å². The van der Waals surface area contributed by atoms with Crippen LogP contribution in [-0.2, 0) is 4.79 Å². The molecule has 0 aliphatic carbocycles. The molecule has 0 spiro atoms. The maximum Gasteiger partial charge on any atom is 0.406 e. The molecule has 1 aliphatic heterocycles. The summed E-state index contributed by atoms with van der Waals surface area (Å²) in [6, 6.07) is 10.5. The summed E-state index contributed by atoms with van der Waals surface area (Å²) in [5, 5.41) is 4.12. The van der Waals surface area contributed by atoms with Crippen LogP contribution in [0.15, 0.2) is 42.6 Å². The summed E-state index contributed by atoms with van der Waals surface area (Å²) in [5.74, 6) is -1.31. The maximum absolute atomic E-state index is 12.4. The van der Waals surface area contributed by atoms with Gasteiger partial charge in [-0.05, 0) is 18.2 Å². The van der Waals surface area contributed by atoms with E-state index >= 15 is 0 Å². The number of alkyl halides is 3. The largest absolute Gasteiger partial charge is 0.406 e. The van der Waals surface area contributed by atoms with E-state index in [9.17, 15) is 22.8 Å². The Morgan fingerprint density at radius 3 is 2.54 bits per heavy atom. The van der Waals surface area contributed by atoms with Gasteiger partial charge in [-0.2, -0.15) is 18.3 Å². The van der Waals surface area contributed by atoms with Gasteiger partial charge in [-0.25, -0.2) is 4.68 Å². The van der Waals surface area contributed by atoms with E-state index in [1.807, 2.05) is 18.2 Å². The van der Waals surface area contributed by atoms with Crippen molar-refractivity contribution in [1.29, 1.82) is 0 Å². The van der Waals surface area contributed by atoms with E-state index in [0.29, 0.717) is 4.90 Å². The lowest BCUT2D eigenvalue weighted by molar-refractivity contribution is -0.157. The molecule has 0 radical (unpaired) electrons. The second kappa shape index (κ2) is 5.99. The number of carbonyl (C=O) groups excluding carboxylic acids is 2. The minimum absolute atomic E-state index is 0.0699. The molecule has 1 fully saturated rings. The smallest absolute Gasteiger partial charge is 0.314 e. The van der Waals surface area contributed by atoms with Crippen LogP contribution in [0, 0.1) is 0 Å². The van der Waals surface area contributed by atoms with Crippen molar-refractivity contribution >= 4 is 11.8 Å². The van der Waals surface area contributed by atoms with E-state index in [2.05, 4.69) is 5.10 Å². The van der Waals surface area contributed by atoms with Crippen LogP contribution in [0.3, 0.4) is 0 Å². The van der Waals surface area contributed by atoms with Gasteiger partial charge < -0.3 is 9.80 Å². The molecule has 2 aromatic rings. The quantitative estimate of drug-likeness (QED) is 0.856. The van der Waals surface area contributed by atoms with Gasteiger partial charge in [0.05, 0.1) is 12.4 Å². The Labute approximate surface area is 135 Å². The lowest BCUT2D eigenvalue weighted by Gasteiger charge is -2.18. The standard InChI is InChI=1S/C15H13F3N4O2/c16-15(17,18)9-21-10-20(8-13(21)23)14(24)12-6-7-22(19-12)11-4-2-1-3-5-11/h1-7H,8-10H2. The van der Waals surface area contributed by atoms with Crippen molar-refractivity contribution < 1.29 is 22.8 Å². The van der Waals surface area contributed by atoms with E-state index in [1.165, 1.54) is 10.7 Å². The number of nitrogens with zero attached hydrogens (tertiary/aromatic N) is 4. The second-order valence-electron chi connectivity index (χ2n) is 5.33. The number of para-hydroxylation sites is 1. The van der Waals surface area contributed by atoms with E-state index in [4.69, 9.17) is 0 Å². The summed E-state index contributed by atoms with van der Waals surface area (Å²) in [6.45, 7) is -2.14. The van der Waals surface area contributed by atoms with Gasteiger partial charge in [0.2, 0.25) is 5.91 Å². The van der Waals surface area contributed by atoms with Gasteiger partial charge >= 0.3 is 6.18 Å². The van der Waals surface area contributed by atoms with Crippen LogP contribution in [0.5, 0.6) is 0 Å². The molecule has 9 heteroatoms. The number of hydrogen-bond donors (Lipinski definition) is 0. The Kier molecular flexibility index (Phi) is 4.00. The molecule has 0 atom stereocenters. The predicted molar refractivity (Wildman–Crippen MR) is 77.2 cm³/mol. The van der Waals surface area contributed by atoms with Crippen molar-refractivity contribution in [2.45, 2.75) is 6.18 Å². The Bertz CT molecular complexity index is 758. The summed E-state index contributed by atoms with van der Waals surface area (Å²) < 4.78 is 38.7. The van der Waals surface area contributed by atoms with Crippen molar-refractivity contribution in [2.75, 3.05) is 19.8 Å². The first-order valence-electron chi connectivity index (χ1n) is 7.08. The third kappa shape index (κ3) is 3.39. The number of benzene rings is 1. The van der Waals surface area contributed by atoms with E-state index < -0.39 is 31.2 Å². The average Bonchev–Trinajstić information content (AvgIpc) is 3.14. The first-order valence-corrected chi connectivity index (χ1v) is 7.08. The Morgan fingerprint density at radius 2 is 1.88 bits per heavy atom. The van der Waals surface area contributed by atoms with Crippen molar-refractivity contribution in [1.82, 2.24) is 19.6 Å². The van der Waals surface area contributed by atoms with Crippen molar-refractivity contribution in [3.63, 3.8) is 0 Å². The molecule has 2 amide bonds. The fourth-order valence-electron chi connectivity index (χ4n) is 2.41. The van der Waals surface area contributed by atoms with Gasteiger partial charge in [0, 0.05) is 6.20 Å². The zero-order chi connectivity index (χ0) is 17.3. The van der Waals surface area contributed by atoms with Crippen molar-refractivity contribution in [3.8, 4) is 5.69 Å². The number of rotatable bonds is 3.